The number of hydrogen-bond donors (Lipinski definition) is 1. The van der Waals surface area contributed by atoms with Gasteiger partial charge in [-0.2, -0.15) is 13.2 Å². The first-order valence-electron chi connectivity index (χ1n) is 9.60. The van der Waals surface area contributed by atoms with Crippen molar-refractivity contribution >= 4 is 10.9 Å². The molecule has 1 unspecified atom stereocenters. The average Bonchev–Trinajstić information content (AvgIpc) is 2.64. The summed E-state index contributed by atoms with van der Waals surface area (Å²) in [6.07, 6.45) is -1.81. The first kappa shape index (κ1) is 22.9. The van der Waals surface area contributed by atoms with Crippen LogP contribution in [0.15, 0.2) is 36.7 Å². The minimum Gasteiger partial charge on any atom is -0.475 e. The quantitative estimate of drug-likeness (QED) is 0.498. The molecule has 9 heteroatoms. The van der Waals surface area contributed by atoms with E-state index < -0.39 is 34.8 Å². The molecule has 166 valence electrons. The maximum absolute atomic E-state index is 14.4. The predicted octanol–water partition coefficient (Wildman–Crippen LogP) is 5.74. The first-order chi connectivity index (χ1) is 14.4. The number of pyridine rings is 2. The molecule has 3 rings (SSSR count). The van der Waals surface area contributed by atoms with Crippen molar-refractivity contribution in [2.24, 2.45) is 11.7 Å². The van der Waals surface area contributed by atoms with Gasteiger partial charge in [0.15, 0.2) is 0 Å². The summed E-state index contributed by atoms with van der Waals surface area (Å²) in [6.45, 7) is 5.43. The summed E-state index contributed by atoms with van der Waals surface area (Å²) in [5.41, 5.74) is 4.25. The second-order valence-corrected chi connectivity index (χ2v) is 8.26. The molecule has 31 heavy (non-hydrogen) atoms. The molecule has 0 aliphatic heterocycles. The normalized spacial score (nSPS) is 14.1. The second-order valence-electron chi connectivity index (χ2n) is 8.26. The van der Waals surface area contributed by atoms with Crippen molar-refractivity contribution in [1.29, 1.82) is 0 Å². The third kappa shape index (κ3) is 5.28. The molecule has 1 atom stereocenters. The number of halogens is 5. The number of rotatable bonds is 6. The van der Waals surface area contributed by atoms with Gasteiger partial charge in [0, 0.05) is 41.0 Å². The van der Waals surface area contributed by atoms with E-state index in [1.165, 1.54) is 12.3 Å². The van der Waals surface area contributed by atoms with E-state index in [0.29, 0.717) is 12.5 Å². The molecule has 2 heterocycles. The van der Waals surface area contributed by atoms with Gasteiger partial charge < -0.3 is 10.5 Å². The van der Waals surface area contributed by atoms with Crippen molar-refractivity contribution < 1.29 is 26.7 Å². The van der Waals surface area contributed by atoms with Crippen molar-refractivity contribution in [2.45, 2.75) is 38.9 Å². The van der Waals surface area contributed by atoms with E-state index in [-0.39, 0.29) is 34.6 Å². The van der Waals surface area contributed by atoms with E-state index in [4.69, 9.17) is 10.5 Å². The Bertz CT molecular complexity index is 1100. The number of nitrogens with two attached hydrogens (primary N) is 1. The molecule has 2 aromatic heterocycles. The highest BCUT2D eigenvalue weighted by Crippen LogP contribution is 2.39. The molecule has 2 N–H and O–H groups in total. The number of fused-ring (bicyclic) bond motifs is 1. The van der Waals surface area contributed by atoms with Crippen LogP contribution in [-0.2, 0) is 6.18 Å². The molecular weight excluding hydrogens is 417 g/mol. The molecule has 0 saturated carbocycles. The lowest BCUT2D eigenvalue weighted by molar-refractivity contribution is -0.139. The Kier molecular flexibility index (Phi) is 6.18. The molecule has 0 saturated heterocycles. The molecule has 0 amide bonds. The monoisotopic (exact) mass is 439 g/mol. The first-order valence-corrected chi connectivity index (χ1v) is 9.60. The number of hydrogen-bond acceptors (Lipinski definition) is 4. The summed E-state index contributed by atoms with van der Waals surface area (Å²) in [6, 6.07) is 3.84. The van der Waals surface area contributed by atoms with Gasteiger partial charge in [-0.15, -0.1) is 0 Å². The zero-order valence-corrected chi connectivity index (χ0v) is 17.2. The lowest BCUT2D eigenvalue weighted by Crippen LogP contribution is -2.43. The Balaban J connectivity index is 2.05. The lowest BCUT2D eigenvalue weighted by Gasteiger charge is -2.27. The highest BCUT2D eigenvalue weighted by atomic mass is 19.4. The van der Waals surface area contributed by atoms with Gasteiger partial charge in [0.25, 0.3) is 0 Å². The van der Waals surface area contributed by atoms with Crippen molar-refractivity contribution in [3.05, 3.63) is 53.9 Å². The summed E-state index contributed by atoms with van der Waals surface area (Å²) < 4.78 is 74.5. The molecule has 3 aromatic rings. The van der Waals surface area contributed by atoms with E-state index in [1.807, 2.05) is 13.8 Å². The fraction of sp³-hybridized carbons (Fsp3) is 0.364. The highest BCUT2D eigenvalue weighted by molar-refractivity contribution is 5.94. The van der Waals surface area contributed by atoms with E-state index in [1.54, 1.807) is 6.92 Å². The van der Waals surface area contributed by atoms with Gasteiger partial charge in [0.1, 0.15) is 23.8 Å². The zero-order chi connectivity index (χ0) is 23.0. The fourth-order valence-electron chi connectivity index (χ4n) is 3.59. The zero-order valence-electron chi connectivity index (χ0n) is 17.2. The number of ether oxygens (including phenoxy) is 1. The van der Waals surface area contributed by atoms with Crippen LogP contribution in [0.1, 0.15) is 32.8 Å². The SMILES string of the molecule is CC(C)CC(C)(N)COc1ncc(-c2ccnc3cc(F)cc(F)c23)cc1C(F)(F)F. The standard InChI is InChI=1S/C22H22F5N3O/c1-12(2)9-21(3,28)11-31-20-16(22(25,26)27)6-13(10-30-20)15-4-5-29-18-8-14(23)7-17(24)19(15)18/h4-8,10,12H,9,11,28H2,1-3H3. The maximum atomic E-state index is 14.4. The van der Waals surface area contributed by atoms with Crippen LogP contribution in [0, 0.1) is 17.6 Å². The molecule has 0 aliphatic carbocycles. The summed E-state index contributed by atoms with van der Waals surface area (Å²) in [5, 5.41) is -0.0982. The third-order valence-corrected chi connectivity index (χ3v) is 4.64. The van der Waals surface area contributed by atoms with Crippen molar-refractivity contribution in [1.82, 2.24) is 9.97 Å². The minimum atomic E-state index is -4.77. The van der Waals surface area contributed by atoms with Gasteiger partial charge in [-0.1, -0.05) is 13.8 Å². The van der Waals surface area contributed by atoms with Crippen molar-refractivity contribution in [3.8, 4) is 17.0 Å². The molecule has 0 fully saturated rings. The van der Waals surface area contributed by atoms with Crippen LogP contribution in [0.3, 0.4) is 0 Å². The van der Waals surface area contributed by atoms with Crippen LogP contribution in [0.2, 0.25) is 0 Å². The topological polar surface area (TPSA) is 61.0 Å². The van der Waals surface area contributed by atoms with Crippen LogP contribution in [0.4, 0.5) is 22.0 Å². The van der Waals surface area contributed by atoms with Crippen molar-refractivity contribution in [3.63, 3.8) is 0 Å². The highest BCUT2D eigenvalue weighted by Gasteiger charge is 2.36. The van der Waals surface area contributed by atoms with Crippen LogP contribution in [0.5, 0.6) is 5.88 Å². The maximum Gasteiger partial charge on any atom is 0.421 e. The fourth-order valence-corrected chi connectivity index (χ4v) is 3.59. The Morgan fingerprint density at radius 1 is 1.10 bits per heavy atom. The van der Waals surface area contributed by atoms with Gasteiger partial charge in [-0.3, -0.25) is 4.98 Å². The Morgan fingerprint density at radius 2 is 1.81 bits per heavy atom. The molecule has 0 radical (unpaired) electrons. The molecule has 4 nitrogen and oxygen atoms in total. The molecule has 0 spiro atoms. The smallest absolute Gasteiger partial charge is 0.421 e. The average molecular weight is 439 g/mol. The molecule has 0 aliphatic rings. The predicted molar refractivity (Wildman–Crippen MR) is 107 cm³/mol. The van der Waals surface area contributed by atoms with Gasteiger partial charge >= 0.3 is 6.18 Å². The van der Waals surface area contributed by atoms with Gasteiger partial charge in [0.2, 0.25) is 5.88 Å². The summed E-state index contributed by atoms with van der Waals surface area (Å²) in [4.78, 5) is 7.74. The summed E-state index contributed by atoms with van der Waals surface area (Å²) in [5.74, 6) is -2.14. The van der Waals surface area contributed by atoms with Crippen molar-refractivity contribution in [2.75, 3.05) is 6.61 Å². The van der Waals surface area contributed by atoms with E-state index in [2.05, 4.69) is 9.97 Å². The van der Waals surface area contributed by atoms with Gasteiger partial charge in [0.05, 0.1) is 5.52 Å². The molecular formula is C22H22F5N3O. The lowest BCUT2D eigenvalue weighted by atomic mass is 9.93. The Morgan fingerprint density at radius 3 is 2.45 bits per heavy atom. The van der Waals surface area contributed by atoms with Crippen LogP contribution < -0.4 is 10.5 Å². The van der Waals surface area contributed by atoms with Gasteiger partial charge in [-0.05, 0) is 37.0 Å². The minimum absolute atomic E-state index is 0.00438. The second kappa shape index (κ2) is 8.37. The number of nitrogens with zero attached hydrogens (tertiary/aromatic N) is 2. The van der Waals surface area contributed by atoms with E-state index in [0.717, 1.165) is 18.3 Å². The van der Waals surface area contributed by atoms with Crippen LogP contribution >= 0.6 is 0 Å². The number of aromatic nitrogens is 2. The van der Waals surface area contributed by atoms with E-state index >= 15 is 0 Å². The largest absolute Gasteiger partial charge is 0.475 e. The van der Waals surface area contributed by atoms with E-state index in [9.17, 15) is 22.0 Å². The Hall–Kier alpha value is -2.81. The van der Waals surface area contributed by atoms with Crippen LogP contribution in [-0.4, -0.2) is 22.1 Å². The van der Waals surface area contributed by atoms with Gasteiger partial charge in [-0.25, -0.2) is 13.8 Å². The Labute approximate surface area is 176 Å². The number of alkyl halides is 3. The summed E-state index contributed by atoms with van der Waals surface area (Å²) in [7, 11) is 0. The molecule has 1 aromatic carbocycles. The summed E-state index contributed by atoms with van der Waals surface area (Å²) >= 11 is 0. The number of benzene rings is 1. The molecule has 0 bridgehead atoms. The van der Waals surface area contributed by atoms with Crippen LogP contribution in [0.25, 0.3) is 22.0 Å². The third-order valence-electron chi connectivity index (χ3n) is 4.64.